The Balaban J connectivity index is 2.29. The zero-order chi connectivity index (χ0) is 10.7. The highest BCUT2D eigenvalue weighted by atomic mass is 19.1. The minimum Gasteiger partial charge on any atom is -0.313 e. The lowest BCUT2D eigenvalue weighted by Crippen LogP contribution is -2.07. The summed E-state index contributed by atoms with van der Waals surface area (Å²) in [7, 11) is 1.79. The van der Waals surface area contributed by atoms with E-state index in [-0.39, 0.29) is 5.82 Å². The van der Waals surface area contributed by atoms with Crippen LogP contribution in [0.25, 0.3) is 5.69 Å². The Labute approximate surface area is 85.9 Å². The van der Waals surface area contributed by atoms with Gasteiger partial charge in [-0.05, 0) is 24.4 Å². The van der Waals surface area contributed by atoms with Gasteiger partial charge in [0.15, 0.2) is 5.82 Å². The molecule has 6 heteroatoms. The first-order valence-electron chi connectivity index (χ1n) is 4.49. The fourth-order valence-electron chi connectivity index (χ4n) is 1.18. The van der Waals surface area contributed by atoms with E-state index in [0.717, 1.165) is 0 Å². The SMILES string of the molecule is CNCc1nnn(-c2cccc(F)c2)n1. The van der Waals surface area contributed by atoms with Gasteiger partial charge in [-0.1, -0.05) is 6.07 Å². The Morgan fingerprint density at radius 1 is 1.47 bits per heavy atom. The molecule has 0 bridgehead atoms. The molecule has 0 amide bonds. The van der Waals surface area contributed by atoms with Crippen LogP contribution in [-0.2, 0) is 6.54 Å². The van der Waals surface area contributed by atoms with Gasteiger partial charge < -0.3 is 5.32 Å². The molecular formula is C9H10FN5. The molecule has 0 radical (unpaired) electrons. The van der Waals surface area contributed by atoms with Crippen LogP contribution >= 0.6 is 0 Å². The van der Waals surface area contributed by atoms with Gasteiger partial charge in [0.2, 0.25) is 0 Å². The van der Waals surface area contributed by atoms with E-state index < -0.39 is 0 Å². The second-order valence-corrected chi connectivity index (χ2v) is 3.01. The summed E-state index contributed by atoms with van der Waals surface area (Å²) >= 11 is 0. The standard InChI is InChI=1S/C9H10FN5/c1-11-6-9-12-14-15(13-9)8-4-2-3-7(10)5-8/h2-5,11H,6H2,1H3. The van der Waals surface area contributed by atoms with Crippen LogP contribution in [0.5, 0.6) is 0 Å². The number of hydrogen-bond donors (Lipinski definition) is 1. The summed E-state index contributed by atoms with van der Waals surface area (Å²) in [6, 6.07) is 6.04. The number of nitrogens with zero attached hydrogens (tertiary/aromatic N) is 4. The summed E-state index contributed by atoms with van der Waals surface area (Å²) in [6.45, 7) is 0.537. The van der Waals surface area contributed by atoms with Crippen molar-refractivity contribution in [3.8, 4) is 5.69 Å². The molecule has 5 nitrogen and oxygen atoms in total. The predicted molar refractivity (Wildman–Crippen MR) is 51.9 cm³/mol. The second-order valence-electron chi connectivity index (χ2n) is 3.01. The smallest absolute Gasteiger partial charge is 0.188 e. The molecule has 1 heterocycles. The van der Waals surface area contributed by atoms with Crippen LogP contribution in [0, 0.1) is 5.82 Å². The van der Waals surface area contributed by atoms with E-state index in [1.165, 1.54) is 16.9 Å². The van der Waals surface area contributed by atoms with Crippen molar-refractivity contribution >= 4 is 0 Å². The Bertz CT molecular complexity index is 453. The Morgan fingerprint density at radius 2 is 2.33 bits per heavy atom. The predicted octanol–water partition coefficient (Wildman–Crippen LogP) is 0.521. The third-order valence-corrected chi connectivity index (χ3v) is 1.83. The maximum atomic E-state index is 12.9. The molecule has 0 saturated heterocycles. The highest BCUT2D eigenvalue weighted by molar-refractivity contribution is 5.29. The maximum Gasteiger partial charge on any atom is 0.188 e. The molecule has 2 rings (SSSR count). The van der Waals surface area contributed by atoms with Crippen LogP contribution in [0.4, 0.5) is 4.39 Å². The number of tetrazole rings is 1. The van der Waals surface area contributed by atoms with Crippen LogP contribution in [-0.4, -0.2) is 27.3 Å². The minimum atomic E-state index is -0.319. The number of benzene rings is 1. The van der Waals surface area contributed by atoms with Crippen LogP contribution < -0.4 is 5.32 Å². The summed E-state index contributed by atoms with van der Waals surface area (Å²) in [5.41, 5.74) is 0.560. The molecule has 0 spiro atoms. The van der Waals surface area contributed by atoms with Crippen molar-refractivity contribution in [2.75, 3.05) is 7.05 Å². The third kappa shape index (κ3) is 2.16. The molecule has 1 aromatic carbocycles. The summed E-state index contributed by atoms with van der Waals surface area (Å²) in [4.78, 5) is 1.30. The molecule has 0 unspecified atom stereocenters. The molecule has 2 aromatic rings. The fourth-order valence-corrected chi connectivity index (χ4v) is 1.18. The van der Waals surface area contributed by atoms with Crippen LogP contribution in [0.15, 0.2) is 24.3 Å². The molecule has 0 aliphatic rings. The molecular weight excluding hydrogens is 197 g/mol. The largest absolute Gasteiger partial charge is 0.313 e. The van der Waals surface area contributed by atoms with Gasteiger partial charge in [-0.25, -0.2) is 4.39 Å². The van der Waals surface area contributed by atoms with Crippen molar-refractivity contribution in [2.24, 2.45) is 0 Å². The summed E-state index contributed by atoms with van der Waals surface area (Å²) < 4.78 is 12.9. The van der Waals surface area contributed by atoms with Crippen molar-refractivity contribution < 1.29 is 4.39 Å². The monoisotopic (exact) mass is 207 g/mol. The quantitative estimate of drug-likeness (QED) is 0.797. The zero-order valence-electron chi connectivity index (χ0n) is 8.18. The Morgan fingerprint density at radius 3 is 3.07 bits per heavy atom. The minimum absolute atomic E-state index is 0.319. The first-order chi connectivity index (χ1) is 7.29. The van der Waals surface area contributed by atoms with Gasteiger partial charge in [0.05, 0.1) is 12.2 Å². The number of nitrogens with one attached hydrogen (secondary N) is 1. The summed E-state index contributed by atoms with van der Waals surface area (Å²) in [5, 5.41) is 14.6. The Kier molecular flexibility index (Phi) is 2.68. The van der Waals surface area contributed by atoms with Crippen LogP contribution in [0.3, 0.4) is 0 Å². The number of aromatic nitrogens is 4. The first kappa shape index (κ1) is 9.72. The van der Waals surface area contributed by atoms with E-state index >= 15 is 0 Å². The summed E-state index contributed by atoms with van der Waals surface area (Å²) in [6.07, 6.45) is 0. The van der Waals surface area contributed by atoms with Crippen LogP contribution in [0.1, 0.15) is 5.82 Å². The summed E-state index contributed by atoms with van der Waals surface area (Å²) in [5.74, 6) is 0.252. The van der Waals surface area contributed by atoms with Crippen molar-refractivity contribution in [2.45, 2.75) is 6.54 Å². The van der Waals surface area contributed by atoms with Gasteiger partial charge in [0, 0.05) is 6.07 Å². The first-order valence-corrected chi connectivity index (χ1v) is 4.49. The lowest BCUT2D eigenvalue weighted by molar-refractivity contribution is 0.621. The van der Waals surface area contributed by atoms with Crippen molar-refractivity contribution in [1.29, 1.82) is 0 Å². The maximum absolute atomic E-state index is 12.9. The average Bonchev–Trinajstić information content (AvgIpc) is 2.67. The Hall–Kier alpha value is -1.82. The van der Waals surface area contributed by atoms with Gasteiger partial charge in [-0.15, -0.1) is 15.0 Å². The van der Waals surface area contributed by atoms with Crippen molar-refractivity contribution in [1.82, 2.24) is 25.5 Å². The van der Waals surface area contributed by atoms with E-state index in [1.807, 2.05) is 0 Å². The van der Waals surface area contributed by atoms with Gasteiger partial charge in [0.1, 0.15) is 5.82 Å². The topological polar surface area (TPSA) is 55.6 Å². The van der Waals surface area contributed by atoms with Crippen molar-refractivity contribution in [3.05, 3.63) is 35.9 Å². The average molecular weight is 207 g/mol. The van der Waals surface area contributed by atoms with E-state index in [1.54, 1.807) is 19.2 Å². The fraction of sp³-hybridized carbons (Fsp3) is 0.222. The normalized spacial score (nSPS) is 10.5. The molecule has 0 aliphatic heterocycles. The van der Waals surface area contributed by atoms with Crippen LogP contribution in [0.2, 0.25) is 0 Å². The van der Waals surface area contributed by atoms with Crippen molar-refractivity contribution in [3.63, 3.8) is 0 Å². The van der Waals surface area contributed by atoms with Gasteiger partial charge in [-0.2, -0.15) is 0 Å². The van der Waals surface area contributed by atoms with Gasteiger partial charge >= 0.3 is 0 Å². The molecule has 0 atom stereocenters. The number of hydrogen-bond acceptors (Lipinski definition) is 4. The third-order valence-electron chi connectivity index (χ3n) is 1.83. The number of halogens is 1. The highest BCUT2D eigenvalue weighted by Crippen LogP contribution is 2.06. The van der Waals surface area contributed by atoms with Gasteiger partial charge in [0.25, 0.3) is 0 Å². The van der Waals surface area contributed by atoms with E-state index in [0.29, 0.717) is 18.1 Å². The number of rotatable bonds is 3. The van der Waals surface area contributed by atoms with E-state index in [4.69, 9.17) is 0 Å². The molecule has 1 aromatic heterocycles. The molecule has 0 aliphatic carbocycles. The lowest BCUT2D eigenvalue weighted by atomic mass is 10.3. The molecule has 1 N–H and O–H groups in total. The molecule has 78 valence electrons. The van der Waals surface area contributed by atoms with E-state index in [9.17, 15) is 4.39 Å². The molecule has 0 fully saturated rings. The van der Waals surface area contributed by atoms with Gasteiger partial charge in [-0.3, -0.25) is 0 Å². The molecule has 0 saturated carbocycles. The second kappa shape index (κ2) is 4.14. The lowest BCUT2D eigenvalue weighted by Gasteiger charge is -1.96. The zero-order valence-corrected chi connectivity index (χ0v) is 8.18. The molecule has 15 heavy (non-hydrogen) atoms. The van der Waals surface area contributed by atoms with E-state index in [2.05, 4.69) is 20.7 Å². The highest BCUT2D eigenvalue weighted by Gasteiger charge is 2.03.